The molecule has 1 atom stereocenters. The first-order chi connectivity index (χ1) is 8.58. The third-order valence-corrected chi connectivity index (χ3v) is 3.45. The highest BCUT2D eigenvalue weighted by Gasteiger charge is 2.17. The van der Waals surface area contributed by atoms with Crippen molar-refractivity contribution in [2.24, 2.45) is 0 Å². The summed E-state index contributed by atoms with van der Waals surface area (Å²) in [5.74, 6) is -1.25. The molecular formula is C12H18N2O3S. The first-order valence-corrected chi connectivity index (χ1v) is 6.55. The van der Waals surface area contributed by atoms with Crippen molar-refractivity contribution < 1.29 is 14.3 Å². The van der Waals surface area contributed by atoms with Crippen molar-refractivity contribution in [2.45, 2.75) is 20.0 Å². The second-order valence-electron chi connectivity index (χ2n) is 3.74. The van der Waals surface area contributed by atoms with E-state index in [1.54, 1.807) is 25.4 Å². The zero-order valence-corrected chi connectivity index (χ0v) is 11.6. The average Bonchev–Trinajstić information content (AvgIpc) is 2.76. The van der Waals surface area contributed by atoms with Crippen molar-refractivity contribution >= 4 is 23.2 Å². The van der Waals surface area contributed by atoms with Crippen molar-refractivity contribution in [1.29, 1.82) is 0 Å². The molecule has 1 aromatic heterocycles. The summed E-state index contributed by atoms with van der Waals surface area (Å²) < 4.78 is 5.30. The third kappa shape index (κ3) is 4.12. The van der Waals surface area contributed by atoms with Crippen LogP contribution in [0.1, 0.15) is 22.8 Å². The van der Waals surface area contributed by atoms with Crippen LogP contribution in [-0.2, 0) is 14.3 Å². The quantitative estimate of drug-likeness (QED) is 0.784. The number of thiophene rings is 1. The van der Waals surface area contributed by atoms with Gasteiger partial charge < -0.3 is 15.4 Å². The van der Waals surface area contributed by atoms with Crippen LogP contribution >= 0.6 is 11.3 Å². The smallest absolute Gasteiger partial charge is 0.309 e. The topological polar surface area (TPSA) is 67.4 Å². The standard InChI is InChI=1S/C12H18N2O3S/c1-4-13-11(15)12(16)14-7-9(17-3)10-6-5-8(2)18-10/h5-6,9H,4,7H2,1-3H3,(H,13,15)(H,14,16). The lowest BCUT2D eigenvalue weighted by Gasteiger charge is -2.14. The van der Waals surface area contributed by atoms with Gasteiger partial charge in [-0.15, -0.1) is 11.3 Å². The maximum absolute atomic E-state index is 11.4. The van der Waals surface area contributed by atoms with Crippen molar-refractivity contribution in [3.8, 4) is 0 Å². The lowest BCUT2D eigenvalue weighted by atomic mass is 10.3. The van der Waals surface area contributed by atoms with Gasteiger partial charge in [-0.2, -0.15) is 0 Å². The molecule has 1 rings (SSSR count). The van der Waals surface area contributed by atoms with Crippen LogP contribution in [0.5, 0.6) is 0 Å². The second-order valence-corrected chi connectivity index (χ2v) is 5.06. The van der Waals surface area contributed by atoms with E-state index in [1.165, 1.54) is 4.88 Å². The zero-order chi connectivity index (χ0) is 13.5. The van der Waals surface area contributed by atoms with E-state index in [0.29, 0.717) is 6.54 Å². The van der Waals surface area contributed by atoms with E-state index in [4.69, 9.17) is 4.74 Å². The highest BCUT2D eigenvalue weighted by Crippen LogP contribution is 2.24. The normalized spacial score (nSPS) is 11.9. The van der Waals surface area contributed by atoms with Gasteiger partial charge in [0.25, 0.3) is 0 Å². The third-order valence-electron chi connectivity index (χ3n) is 2.35. The Hall–Kier alpha value is -1.40. The molecule has 0 aliphatic carbocycles. The van der Waals surface area contributed by atoms with E-state index in [1.807, 2.05) is 19.1 Å². The molecule has 0 aromatic carbocycles. The van der Waals surface area contributed by atoms with Crippen LogP contribution in [0, 0.1) is 6.92 Å². The lowest BCUT2D eigenvalue weighted by molar-refractivity contribution is -0.139. The number of rotatable bonds is 5. The molecule has 0 saturated carbocycles. The van der Waals surface area contributed by atoms with Crippen LogP contribution in [0.3, 0.4) is 0 Å². The number of ether oxygens (including phenoxy) is 1. The molecule has 0 aliphatic heterocycles. The Bertz CT molecular complexity index is 417. The Kier molecular flexibility index (Phi) is 5.80. The molecule has 1 unspecified atom stereocenters. The number of amides is 2. The molecule has 100 valence electrons. The van der Waals surface area contributed by atoms with Gasteiger partial charge in [-0.05, 0) is 26.0 Å². The zero-order valence-electron chi connectivity index (χ0n) is 10.8. The van der Waals surface area contributed by atoms with E-state index in [-0.39, 0.29) is 12.6 Å². The number of carbonyl (C=O) groups excluding carboxylic acids is 2. The van der Waals surface area contributed by atoms with Gasteiger partial charge in [-0.25, -0.2) is 0 Å². The van der Waals surface area contributed by atoms with Gasteiger partial charge in [0.1, 0.15) is 6.10 Å². The molecule has 1 heterocycles. The number of nitrogens with one attached hydrogen (secondary N) is 2. The Morgan fingerprint density at radius 2 is 2.00 bits per heavy atom. The average molecular weight is 270 g/mol. The molecule has 2 N–H and O–H groups in total. The van der Waals surface area contributed by atoms with E-state index in [2.05, 4.69) is 10.6 Å². The highest BCUT2D eigenvalue weighted by molar-refractivity contribution is 7.12. The van der Waals surface area contributed by atoms with Crippen molar-refractivity contribution in [2.75, 3.05) is 20.2 Å². The summed E-state index contributed by atoms with van der Waals surface area (Å²) in [6.45, 7) is 4.49. The van der Waals surface area contributed by atoms with E-state index in [9.17, 15) is 9.59 Å². The Labute approximate surface area is 111 Å². The number of likely N-dealkylation sites (N-methyl/N-ethyl adjacent to an activating group) is 1. The van der Waals surface area contributed by atoms with Crippen LogP contribution in [0.4, 0.5) is 0 Å². The first-order valence-electron chi connectivity index (χ1n) is 5.73. The largest absolute Gasteiger partial charge is 0.374 e. The molecule has 0 saturated heterocycles. The van der Waals surface area contributed by atoms with Gasteiger partial charge in [-0.1, -0.05) is 0 Å². The molecule has 0 radical (unpaired) electrons. The minimum Gasteiger partial charge on any atom is -0.374 e. The first kappa shape index (κ1) is 14.7. The molecule has 5 nitrogen and oxygen atoms in total. The van der Waals surface area contributed by atoms with Gasteiger partial charge in [0.05, 0.1) is 0 Å². The molecule has 0 spiro atoms. The monoisotopic (exact) mass is 270 g/mol. The van der Waals surface area contributed by atoms with Crippen LogP contribution in [0.2, 0.25) is 0 Å². The summed E-state index contributed by atoms with van der Waals surface area (Å²) in [6, 6.07) is 3.96. The molecular weight excluding hydrogens is 252 g/mol. The predicted octanol–water partition coefficient (Wildman–Crippen LogP) is 0.996. The van der Waals surface area contributed by atoms with Gasteiger partial charge in [0.15, 0.2) is 0 Å². The number of methoxy groups -OCH3 is 1. The van der Waals surface area contributed by atoms with E-state index < -0.39 is 11.8 Å². The molecule has 0 fully saturated rings. The van der Waals surface area contributed by atoms with Gasteiger partial charge in [0, 0.05) is 30.0 Å². The van der Waals surface area contributed by atoms with E-state index >= 15 is 0 Å². The summed E-state index contributed by atoms with van der Waals surface area (Å²) in [6.07, 6.45) is -0.220. The molecule has 2 amide bonds. The van der Waals surface area contributed by atoms with Crippen molar-refractivity contribution in [1.82, 2.24) is 10.6 Å². The maximum Gasteiger partial charge on any atom is 0.309 e. The van der Waals surface area contributed by atoms with Crippen molar-refractivity contribution in [3.63, 3.8) is 0 Å². The fourth-order valence-corrected chi connectivity index (χ4v) is 2.39. The van der Waals surface area contributed by atoms with Gasteiger partial charge in [0.2, 0.25) is 0 Å². The maximum atomic E-state index is 11.4. The summed E-state index contributed by atoms with van der Waals surface area (Å²) in [4.78, 5) is 24.9. The fourth-order valence-electron chi connectivity index (χ4n) is 1.43. The highest BCUT2D eigenvalue weighted by atomic mass is 32.1. The summed E-state index contributed by atoms with van der Waals surface area (Å²) in [5, 5.41) is 5.00. The molecule has 6 heteroatoms. The van der Waals surface area contributed by atoms with Crippen LogP contribution < -0.4 is 10.6 Å². The fraction of sp³-hybridized carbons (Fsp3) is 0.500. The SMILES string of the molecule is CCNC(=O)C(=O)NCC(OC)c1ccc(C)s1. The van der Waals surface area contributed by atoms with Gasteiger partial charge >= 0.3 is 11.8 Å². The summed E-state index contributed by atoms with van der Waals surface area (Å²) in [5.41, 5.74) is 0. The van der Waals surface area contributed by atoms with Crippen molar-refractivity contribution in [3.05, 3.63) is 21.9 Å². The van der Waals surface area contributed by atoms with E-state index in [0.717, 1.165) is 4.88 Å². The number of hydrogen-bond acceptors (Lipinski definition) is 4. The Morgan fingerprint density at radius 1 is 1.33 bits per heavy atom. The van der Waals surface area contributed by atoms with Crippen LogP contribution in [-0.4, -0.2) is 32.0 Å². The number of aryl methyl sites for hydroxylation is 1. The Balaban J connectivity index is 2.50. The molecule has 18 heavy (non-hydrogen) atoms. The van der Waals surface area contributed by atoms with Gasteiger partial charge in [-0.3, -0.25) is 9.59 Å². The second kappa shape index (κ2) is 7.13. The summed E-state index contributed by atoms with van der Waals surface area (Å²) in [7, 11) is 1.58. The summed E-state index contributed by atoms with van der Waals surface area (Å²) >= 11 is 1.61. The molecule has 0 aliphatic rings. The van der Waals surface area contributed by atoms with Crippen LogP contribution in [0.25, 0.3) is 0 Å². The minimum absolute atomic E-state index is 0.220. The number of hydrogen-bond donors (Lipinski definition) is 2. The molecule has 1 aromatic rings. The predicted molar refractivity (Wildman–Crippen MR) is 70.5 cm³/mol. The Morgan fingerprint density at radius 3 is 2.50 bits per heavy atom. The lowest BCUT2D eigenvalue weighted by Crippen LogP contribution is -2.41. The molecule has 0 bridgehead atoms. The minimum atomic E-state index is -0.632. The number of carbonyl (C=O) groups is 2. The van der Waals surface area contributed by atoms with Crippen LogP contribution in [0.15, 0.2) is 12.1 Å².